The summed E-state index contributed by atoms with van der Waals surface area (Å²) in [5.74, 6) is 0.946. The Morgan fingerprint density at radius 3 is 2.20 bits per heavy atom. The summed E-state index contributed by atoms with van der Waals surface area (Å²) in [6.45, 7) is 14.7. The van der Waals surface area contributed by atoms with Crippen LogP contribution >= 0.6 is 0 Å². The van der Waals surface area contributed by atoms with E-state index in [1.807, 2.05) is 25.7 Å². The Balaban J connectivity index is 2.69. The van der Waals surface area contributed by atoms with Crippen LogP contribution in [-0.2, 0) is 4.79 Å². The fraction of sp³-hybridized carbons (Fsp3) is 0.923. The summed E-state index contributed by atoms with van der Waals surface area (Å²) in [5, 5.41) is 0. The van der Waals surface area contributed by atoms with E-state index in [9.17, 15) is 4.79 Å². The van der Waals surface area contributed by atoms with E-state index in [4.69, 9.17) is 0 Å². The van der Waals surface area contributed by atoms with Crippen LogP contribution in [0.4, 0.5) is 0 Å². The molecule has 2 heteroatoms. The Bertz CT molecular complexity index is 252. The average molecular weight is 211 g/mol. The van der Waals surface area contributed by atoms with Crippen LogP contribution in [0.15, 0.2) is 0 Å². The molecule has 1 rings (SSSR count). The van der Waals surface area contributed by atoms with E-state index in [0.29, 0.717) is 17.2 Å². The van der Waals surface area contributed by atoms with Gasteiger partial charge >= 0.3 is 0 Å². The number of likely N-dealkylation sites (tertiary alicyclic amines) is 1. The number of nitrogens with zero attached hydrogens (tertiary/aromatic N) is 1. The topological polar surface area (TPSA) is 20.3 Å². The molecule has 0 aromatic rings. The van der Waals surface area contributed by atoms with E-state index in [0.717, 1.165) is 19.5 Å². The second-order valence-corrected chi connectivity index (χ2v) is 6.54. The molecule has 1 saturated heterocycles. The van der Waals surface area contributed by atoms with Crippen LogP contribution in [0, 0.1) is 16.7 Å². The van der Waals surface area contributed by atoms with Gasteiger partial charge < -0.3 is 4.90 Å². The van der Waals surface area contributed by atoms with Gasteiger partial charge in [0.2, 0.25) is 5.91 Å². The van der Waals surface area contributed by atoms with Gasteiger partial charge in [0.25, 0.3) is 0 Å². The highest BCUT2D eigenvalue weighted by Crippen LogP contribution is 2.38. The molecule has 0 radical (unpaired) electrons. The van der Waals surface area contributed by atoms with Gasteiger partial charge in [-0.1, -0.05) is 41.5 Å². The lowest BCUT2D eigenvalue weighted by Crippen LogP contribution is -2.39. The van der Waals surface area contributed by atoms with Gasteiger partial charge in [-0.2, -0.15) is 0 Å². The fourth-order valence-corrected chi connectivity index (χ4v) is 2.10. The van der Waals surface area contributed by atoms with Crippen molar-refractivity contribution in [3.63, 3.8) is 0 Å². The van der Waals surface area contributed by atoms with Gasteiger partial charge in [-0.3, -0.25) is 4.79 Å². The second-order valence-electron chi connectivity index (χ2n) is 6.54. The van der Waals surface area contributed by atoms with E-state index in [1.165, 1.54) is 0 Å². The lowest BCUT2D eigenvalue weighted by Gasteiger charge is -2.31. The first-order valence-electron chi connectivity index (χ1n) is 5.96. The SMILES string of the molecule is CC(C)[C@@]1(C)CCN(C(=O)C(C)(C)C)C1. The van der Waals surface area contributed by atoms with Crippen molar-refractivity contribution in [2.45, 2.75) is 48.0 Å². The number of carbonyl (C=O) groups excluding carboxylic acids is 1. The third-order valence-electron chi connectivity index (χ3n) is 3.83. The molecule has 1 heterocycles. The van der Waals surface area contributed by atoms with Crippen LogP contribution in [0.1, 0.15) is 48.0 Å². The Morgan fingerprint density at radius 1 is 1.33 bits per heavy atom. The van der Waals surface area contributed by atoms with Crippen LogP contribution in [0.3, 0.4) is 0 Å². The van der Waals surface area contributed by atoms with Gasteiger partial charge in [-0.15, -0.1) is 0 Å². The van der Waals surface area contributed by atoms with Crippen molar-refractivity contribution >= 4 is 5.91 Å². The van der Waals surface area contributed by atoms with Crippen molar-refractivity contribution < 1.29 is 4.79 Å². The predicted octanol–water partition coefficient (Wildman–Crippen LogP) is 2.93. The number of hydrogen-bond acceptors (Lipinski definition) is 1. The summed E-state index contributed by atoms with van der Waals surface area (Å²) >= 11 is 0. The Morgan fingerprint density at radius 2 is 1.87 bits per heavy atom. The molecule has 1 fully saturated rings. The molecule has 1 atom stereocenters. The lowest BCUT2D eigenvalue weighted by molar-refractivity contribution is -0.138. The molecule has 0 spiro atoms. The monoisotopic (exact) mass is 211 g/mol. The Labute approximate surface area is 94.0 Å². The zero-order chi connectivity index (χ0) is 11.9. The number of rotatable bonds is 1. The third kappa shape index (κ3) is 2.53. The highest BCUT2D eigenvalue weighted by atomic mass is 16.2. The van der Waals surface area contributed by atoms with Gasteiger partial charge in [-0.05, 0) is 17.8 Å². The van der Waals surface area contributed by atoms with Crippen LogP contribution in [0.2, 0.25) is 0 Å². The number of hydrogen-bond donors (Lipinski definition) is 0. The standard InChI is InChI=1S/C13H25NO/c1-10(2)13(6)7-8-14(9-13)11(15)12(3,4)5/h10H,7-9H2,1-6H3/t13-/m0/s1. The van der Waals surface area contributed by atoms with Gasteiger partial charge in [0.1, 0.15) is 0 Å². The molecule has 0 aromatic heterocycles. The summed E-state index contributed by atoms with van der Waals surface area (Å²) in [6, 6.07) is 0. The average Bonchev–Trinajstić information content (AvgIpc) is 2.46. The van der Waals surface area contributed by atoms with E-state index in [1.54, 1.807) is 0 Å². The summed E-state index contributed by atoms with van der Waals surface area (Å²) in [6.07, 6.45) is 1.15. The molecule has 1 aliphatic heterocycles. The number of amides is 1. The second kappa shape index (κ2) is 3.80. The maximum Gasteiger partial charge on any atom is 0.227 e. The predicted molar refractivity (Wildman–Crippen MR) is 63.6 cm³/mol. The molecule has 15 heavy (non-hydrogen) atoms. The van der Waals surface area contributed by atoms with Crippen LogP contribution in [0.25, 0.3) is 0 Å². The molecule has 0 aromatic carbocycles. The van der Waals surface area contributed by atoms with Crippen molar-refractivity contribution in [1.82, 2.24) is 4.90 Å². The zero-order valence-corrected chi connectivity index (χ0v) is 11.1. The smallest absolute Gasteiger partial charge is 0.227 e. The molecule has 0 N–H and O–H groups in total. The van der Waals surface area contributed by atoms with Gasteiger partial charge in [0.15, 0.2) is 0 Å². The van der Waals surface area contributed by atoms with E-state index in [2.05, 4.69) is 20.8 Å². The first kappa shape index (κ1) is 12.5. The molecular weight excluding hydrogens is 186 g/mol. The fourth-order valence-electron chi connectivity index (χ4n) is 2.10. The maximum absolute atomic E-state index is 12.1. The molecule has 2 nitrogen and oxygen atoms in total. The molecule has 88 valence electrons. The van der Waals surface area contributed by atoms with Gasteiger partial charge in [0, 0.05) is 18.5 Å². The molecule has 1 aliphatic rings. The van der Waals surface area contributed by atoms with E-state index >= 15 is 0 Å². The van der Waals surface area contributed by atoms with E-state index in [-0.39, 0.29) is 5.41 Å². The maximum atomic E-state index is 12.1. The van der Waals surface area contributed by atoms with Gasteiger partial charge in [0.05, 0.1) is 0 Å². The summed E-state index contributed by atoms with van der Waals surface area (Å²) in [5.41, 5.74) is 0.0864. The first-order chi connectivity index (χ1) is 6.67. The van der Waals surface area contributed by atoms with Crippen molar-refractivity contribution in [3.8, 4) is 0 Å². The van der Waals surface area contributed by atoms with Crippen LogP contribution < -0.4 is 0 Å². The minimum absolute atomic E-state index is 0.234. The summed E-state index contributed by atoms with van der Waals surface area (Å²) in [7, 11) is 0. The van der Waals surface area contributed by atoms with Crippen molar-refractivity contribution in [2.24, 2.45) is 16.7 Å². The van der Waals surface area contributed by atoms with Crippen LogP contribution in [-0.4, -0.2) is 23.9 Å². The zero-order valence-electron chi connectivity index (χ0n) is 11.1. The molecule has 0 unspecified atom stereocenters. The minimum Gasteiger partial charge on any atom is -0.342 e. The minimum atomic E-state index is -0.234. The summed E-state index contributed by atoms with van der Waals surface area (Å²) in [4.78, 5) is 14.1. The lowest BCUT2D eigenvalue weighted by atomic mass is 9.78. The molecule has 0 saturated carbocycles. The number of carbonyl (C=O) groups is 1. The Kier molecular flexibility index (Phi) is 3.18. The summed E-state index contributed by atoms with van der Waals surface area (Å²) < 4.78 is 0. The van der Waals surface area contributed by atoms with Gasteiger partial charge in [-0.25, -0.2) is 0 Å². The molecule has 0 aliphatic carbocycles. The first-order valence-corrected chi connectivity index (χ1v) is 5.96. The van der Waals surface area contributed by atoms with Crippen molar-refractivity contribution in [3.05, 3.63) is 0 Å². The van der Waals surface area contributed by atoms with Crippen molar-refractivity contribution in [1.29, 1.82) is 0 Å². The third-order valence-corrected chi connectivity index (χ3v) is 3.83. The Hall–Kier alpha value is -0.530. The normalized spacial score (nSPS) is 27.5. The van der Waals surface area contributed by atoms with Crippen LogP contribution in [0.5, 0.6) is 0 Å². The molecule has 0 bridgehead atoms. The molecule has 1 amide bonds. The van der Waals surface area contributed by atoms with Crippen molar-refractivity contribution in [2.75, 3.05) is 13.1 Å². The highest BCUT2D eigenvalue weighted by Gasteiger charge is 2.40. The quantitative estimate of drug-likeness (QED) is 0.653. The largest absolute Gasteiger partial charge is 0.342 e. The molecular formula is C13H25NO. The highest BCUT2D eigenvalue weighted by molar-refractivity contribution is 5.81. The van der Waals surface area contributed by atoms with E-state index < -0.39 is 0 Å².